The fourth-order valence-electron chi connectivity index (χ4n) is 7.88. The highest BCUT2D eigenvalue weighted by Gasteiger charge is 2.29. The first kappa shape index (κ1) is 77.7. The molecule has 81 heavy (non-hydrogen) atoms. The Morgan fingerprint density at radius 1 is 0.358 bits per heavy atom. The van der Waals surface area contributed by atoms with Gasteiger partial charge in [-0.1, -0.05) is 221 Å². The molecule has 0 bridgehead atoms. The average Bonchev–Trinajstić information content (AvgIpc) is 3.44. The molecule has 5 atom stereocenters. The van der Waals surface area contributed by atoms with Crippen molar-refractivity contribution in [3.05, 3.63) is 85.1 Å². The SMILES string of the molecule is CC/C=C\C/C=C\C/C=C\C/C=C\C/C=C\C/C=C\CCC(=O)OCC(O)COP(=O)(O)OCC(O)COP(=O)(O)OCC(COC(=O)CCCCCCC/C=C\CCCCCCCC)OC(=O)CCCCCCCCCCCCC. The van der Waals surface area contributed by atoms with Gasteiger partial charge in [-0.15, -0.1) is 0 Å². The van der Waals surface area contributed by atoms with Crippen molar-refractivity contribution in [1.82, 2.24) is 0 Å². The first-order chi connectivity index (χ1) is 39.2. The van der Waals surface area contributed by atoms with Gasteiger partial charge in [0.25, 0.3) is 0 Å². The Bertz CT molecular complexity index is 1830. The number of ether oxygens (including phenoxy) is 3. The summed E-state index contributed by atoms with van der Waals surface area (Å²) in [4.78, 5) is 58.0. The topological polar surface area (TPSA) is 231 Å². The number of phosphoric acid groups is 2. The zero-order valence-corrected chi connectivity index (χ0v) is 52.0. The summed E-state index contributed by atoms with van der Waals surface area (Å²) in [5.41, 5.74) is 0. The Morgan fingerprint density at radius 2 is 0.679 bits per heavy atom. The number of unbranched alkanes of at least 4 members (excludes halogenated alkanes) is 21. The van der Waals surface area contributed by atoms with Crippen molar-refractivity contribution >= 4 is 33.6 Å². The molecular weight excluding hydrogens is 1070 g/mol. The van der Waals surface area contributed by atoms with Gasteiger partial charge in [0, 0.05) is 19.3 Å². The van der Waals surface area contributed by atoms with Crippen molar-refractivity contribution in [3.8, 4) is 0 Å². The summed E-state index contributed by atoms with van der Waals surface area (Å²) >= 11 is 0. The maximum absolute atomic E-state index is 12.8. The minimum Gasteiger partial charge on any atom is -0.463 e. The lowest BCUT2D eigenvalue weighted by atomic mass is 10.1. The molecule has 18 heteroatoms. The van der Waals surface area contributed by atoms with E-state index in [1.165, 1.54) is 77.0 Å². The van der Waals surface area contributed by atoms with Crippen LogP contribution in [0.25, 0.3) is 0 Å². The Balaban J connectivity index is 4.68. The van der Waals surface area contributed by atoms with E-state index in [-0.39, 0.29) is 19.3 Å². The number of hydrogen-bond donors (Lipinski definition) is 4. The largest absolute Gasteiger partial charge is 0.472 e. The highest BCUT2D eigenvalue weighted by Crippen LogP contribution is 2.45. The molecular formula is C63H110O16P2. The van der Waals surface area contributed by atoms with E-state index in [0.29, 0.717) is 25.7 Å². The van der Waals surface area contributed by atoms with Gasteiger partial charge in [-0.25, -0.2) is 9.13 Å². The number of hydrogen-bond acceptors (Lipinski definition) is 14. The molecule has 0 heterocycles. The van der Waals surface area contributed by atoms with Crippen LogP contribution in [0.4, 0.5) is 0 Å². The number of rotatable bonds is 58. The van der Waals surface area contributed by atoms with Gasteiger partial charge in [-0.05, 0) is 83.5 Å². The van der Waals surface area contributed by atoms with Gasteiger partial charge < -0.3 is 34.2 Å². The van der Waals surface area contributed by atoms with Gasteiger partial charge in [-0.3, -0.25) is 32.5 Å². The lowest BCUT2D eigenvalue weighted by Crippen LogP contribution is -2.30. The Kier molecular flexibility index (Phi) is 54.9. The van der Waals surface area contributed by atoms with E-state index >= 15 is 0 Å². The zero-order chi connectivity index (χ0) is 59.6. The van der Waals surface area contributed by atoms with Crippen LogP contribution in [0.15, 0.2) is 85.1 Å². The number of carbonyl (C=O) groups excluding carboxylic acids is 3. The molecule has 16 nitrogen and oxygen atoms in total. The standard InChI is InChI=1S/C63H110O16P2/c1-4-7-10-13-16-19-22-24-26-27-28-29-31-33-35-37-40-43-46-49-61(66)73-52-58(64)53-75-80(69,70)76-54-59(65)55-77-81(71,72)78-57-60(79-63(68)51-48-45-42-39-34-21-18-15-12-9-6-3)56-74-62(67)50-47-44-41-38-36-32-30-25-23-20-17-14-11-8-5-2/h7,10,16,19,24-26,28-30,33,35,40,43,58-60,64-65H,4-6,8-9,11-15,17-18,20-23,27,31-32,34,36-39,41-42,44-57H2,1-3H3,(H,69,70)(H,71,72)/b10-7-,19-16-,26-24-,29-28-,30-25-,35-33-,43-40-. The van der Waals surface area contributed by atoms with Crippen LogP contribution in [0.5, 0.6) is 0 Å². The van der Waals surface area contributed by atoms with Crippen molar-refractivity contribution in [1.29, 1.82) is 0 Å². The van der Waals surface area contributed by atoms with Crippen LogP contribution in [-0.2, 0) is 55.8 Å². The van der Waals surface area contributed by atoms with E-state index in [0.717, 1.165) is 96.3 Å². The molecule has 0 aromatic carbocycles. The number of aliphatic hydroxyl groups excluding tert-OH is 2. The molecule has 0 aliphatic heterocycles. The Labute approximate surface area is 489 Å². The number of carbonyl (C=O) groups is 3. The van der Waals surface area contributed by atoms with E-state index in [1.54, 1.807) is 0 Å². The molecule has 0 rings (SSSR count). The second-order valence-electron chi connectivity index (χ2n) is 20.5. The molecule has 0 fully saturated rings. The maximum atomic E-state index is 12.8. The van der Waals surface area contributed by atoms with Gasteiger partial charge in [-0.2, -0.15) is 0 Å². The summed E-state index contributed by atoms with van der Waals surface area (Å²) in [6.07, 6.45) is 58.1. The van der Waals surface area contributed by atoms with E-state index < -0.39 is 91.5 Å². The molecule has 0 saturated carbocycles. The van der Waals surface area contributed by atoms with Crippen LogP contribution in [0.2, 0.25) is 0 Å². The van der Waals surface area contributed by atoms with Crippen LogP contribution in [-0.4, -0.2) is 95.9 Å². The third-order valence-electron chi connectivity index (χ3n) is 12.6. The van der Waals surface area contributed by atoms with Crippen molar-refractivity contribution in [3.63, 3.8) is 0 Å². The number of allylic oxidation sites excluding steroid dienone is 14. The summed E-state index contributed by atoms with van der Waals surface area (Å²) in [6.45, 7) is 2.42. The molecule has 0 amide bonds. The lowest BCUT2D eigenvalue weighted by molar-refractivity contribution is -0.161. The number of phosphoric ester groups is 2. The normalized spacial score (nSPS) is 15.0. The van der Waals surface area contributed by atoms with Crippen LogP contribution in [0, 0.1) is 0 Å². The molecule has 0 aliphatic carbocycles. The zero-order valence-electron chi connectivity index (χ0n) is 50.2. The third kappa shape index (κ3) is 58.3. The Hall–Kier alpha value is -3.27. The van der Waals surface area contributed by atoms with E-state index in [4.69, 9.17) is 32.3 Å². The molecule has 0 saturated heterocycles. The third-order valence-corrected chi connectivity index (χ3v) is 14.5. The summed E-state index contributed by atoms with van der Waals surface area (Å²) in [7, 11) is -9.78. The number of aliphatic hydroxyl groups is 2. The van der Waals surface area contributed by atoms with Crippen molar-refractivity contribution in [2.45, 2.75) is 257 Å². The molecule has 0 aromatic heterocycles. The molecule has 0 aromatic rings. The van der Waals surface area contributed by atoms with Gasteiger partial charge in [0.15, 0.2) is 6.10 Å². The highest BCUT2D eigenvalue weighted by atomic mass is 31.2. The average molecular weight is 1190 g/mol. The molecule has 5 unspecified atom stereocenters. The summed E-state index contributed by atoms with van der Waals surface area (Å²) in [5, 5.41) is 20.4. The minimum absolute atomic E-state index is 0.0600. The monoisotopic (exact) mass is 1180 g/mol. The predicted molar refractivity (Wildman–Crippen MR) is 325 cm³/mol. The molecule has 0 spiro atoms. The van der Waals surface area contributed by atoms with E-state index in [1.807, 2.05) is 18.2 Å². The van der Waals surface area contributed by atoms with Crippen molar-refractivity contribution in [2.24, 2.45) is 0 Å². The maximum Gasteiger partial charge on any atom is 0.472 e. The van der Waals surface area contributed by atoms with Gasteiger partial charge in [0.1, 0.15) is 25.4 Å². The molecule has 0 aliphatic rings. The van der Waals surface area contributed by atoms with E-state index in [9.17, 15) is 43.5 Å². The second kappa shape index (κ2) is 57.2. The van der Waals surface area contributed by atoms with Gasteiger partial charge in [0.2, 0.25) is 0 Å². The van der Waals surface area contributed by atoms with Gasteiger partial charge >= 0.3 is 33.6 Å². The smallest absolute Gasteiger partial charge is 0.463 e. The summed E-state index contributed by atoms with van der Waals surface area (Å²) < 4.78 is 60.5. The fourth-order valence-corrected chi connectivity index (χ4v) is 9.47. The molecule has 0 radical (unpaired) electrons. The fraction of sp³-hybridized carbons (Fsp3) is 0.730. The molecule has 4 N–H and O–H groups in total. The van der Waals surface area contributed by atoms with Crippen molar-refractivity contribution < 1.29 is 75.8 Å². The van der Waals surface area contributed by atoms with Crippen LogP contribution < -0.4 is 0 Å². The quantitative estimate of drug-likeness (QED) is 0.0146. The first-order valence-corrected chi connectivity index (χ1v) is 33.9. The second-order valence-corrected chi connectivity index (χ2v) is 23.4. The van der Waals surface area contributed by atoms with E-state index in [2.05, 4.69) is 87.6 Å². The first-order valence-electron chi connectivity index (χ1n) is 30.9. The summed E-state index contributed by atoms with van der Waals surface area (Å²) in [6, 6.07) is 0. The van der Waals surface area contributed by atoms with Gasteiger partial charge in [0.05, 0.1) is 26.4 Å². The van der Waals surface area contributed by atoms with Crippen LogP contribution in [0.1, 0.15) is 239 Å². The number of esters is 3. The molecule has 468 valence electrons. The van der Waals surface area contributed by atoms with Crippen LogP contribution >= 0.6 is 15.6 Å². The lowest BCUT2D eigenvalue weighted by Gasteiger charge is -2.21. The van der Waals surface area contributed by atoms with Crippen LogP contribution in [0.3, 0.4) is 0 Å². The predicted octanol–water partition coefficient (Wildman–Crippen LogP) is 16.2. The minimum atomic E-state index is -4.92. The summed E-state index contributed by atoms with van der Waals surface area (Å²) in [5.74, 6) is -1.66. The highest BCUT2D eigenvalue weighted by molar-refractivity contribution is 7.47. The Morgan fingerprint density at radius 3 is 1.11 bits per heavy atom. The van der Waals surface area contributed by atoms with Crippen molar-refractivity contribution in [2.75, 3.05) is 39.6 Å².